The van der Waals surface area contributed by atoms with E-state index in [4.69, 9.17) is 4.52 Å². The normalized spacial score (nSPS) is 10.4. The first-order chi connectivity index (χ1) is 11.6. The van der Waals surface area contributed by atoms with Gasteiger partial charge in [-0.2, -0.15) is 4.98 Å². The fourth-order valence-electron chi connectivity index (χ4n) is 2.02. The quantitative estimate of drug-likeness (QED) is 0.768. The molecule has 1 aromatic carbocycles. The lowest BCUT2D eigenvalue weighted by atomic mass is 10.2. The summed E-state index contributed by atoms with van der Waals surface area (Å²) >= 11 is 0. The number of pyridine rings is 1. The number of nitrogens with one attached hydrogen (secondary N) is 2. The van der Waals surface area contributed by atoms with Crippen LogP contribution >= 0.6 is 0 Å². The van der Waals surface area contributed by atoms with Gasteiger partial charge in [-0.05, 0) is 37.3 Å². The maximum atomic E-state index is 13.2. The van der Waals surface area contributed by atoms with Crippen LogP contribution < -0.4 is 10.6 Å². The van der Waals surface area contributed by atoms with Gasteiger partial charge in [0.1, 0.15) is 5.82 Å². The van der Waals surface area contributed by atoms with Crippen molar-refractivity contribution in [2.24, 2.45) is 0 Å². The number of halogens is 1. The van der Waals surface area contributed by atoms with E-state index in [1.54, 1.807) is 30.5 Å². The summed E-state index contributed by atoms with van der Waals surface area (Å²) in [6.07, 6.45) is 1.61. The number of anilines is 1. The van der Waals surface area contributed by atoms with E-state index in [0.717, 1.165) is 5.69 Å². The van der Waals surface area contributed by atoms with Crippen LogP contribution in [0.15, 0.2) is 47.1 Å². The number of carbonyl (C=O) groups excluding carboxylic acids is 1. The zero-order chi connectivity index (χ0) is 16.9. The molecule has 2 aromatic heterocycles. The second kappa shape index (κ2) is 6.86. The van der Waals surface area contributed by atoms with Crippen molar-refractivity contribution in [1.82, 2.24) is 20.4 Å². The summed E-state index contributed by atoms with van der Waals surface area (Å²) in [5.41, 5.74) is 1.91. The predicted octanol–water partition coefficient (Wildman–Crippen LogP) is 2.90. The lowest BCUT2D eigenvalue weighted by molar-refractivity contribution is 0.251. The molecule has 0 aliphatic carbocycles. The molecule has 8 heteroatoms. The Balaban J connectivity index is 1.58. The minimum Gasteiger partial charge on any atom is -0.334 e. The van der Waals surface area contributed by atoms with E-state index in [1.165, 1.54) is 12.1 Å². The Morgan fingerprint density at radius 1 is 1.29 bits per heavy atom. The smallest absolute Gasteiger partial charge is 0.319 e. The lowest BCUT2D eigenvalue weighted by Crippen LogP contribution is -2.28. The summed E-state index contributed by atoms with van der Waals surface area (Å²) in [6.45, 7) is 1.91. The van der Waals surface area contributed by atoms with Crippen molar-refractivity contribution in [2.75, 3.05) is 5.32 Å². The summed E-state index contributed by atoms with van der Waals surface area (Å²) < 4.78 is 18.3. The van der Waals surface area contributed by atoms with Gasteiger partial charge in [0.2, 0.25) is 0 Å². The van der Waals surface area contributed by atoms with Crippen LogP contribution in [0, 0.1) is 12.7 Å². The first-order valence-electron chi connectivity index (χ1n) is 7.16. The van der Waals surface area contributed by atoms with E-state index < -0.39 is 11.8 Å². The van der Waals surface area contributed by atoms with Crippen molar-refractivity contribution in [3.8, 4) is 11.5 Å². The lowest BCUT2D eigenvalue weighted by Gasteiger charge is -2.06. The molecular weight excluding hydrogens is 313 g/mol. The minimum atomic E-state index is -0.405. The molecule has 3 rings (SSSR count). The monoisotopic (exact) mass is 327 g/mol. The highest BCUT2D eigenvalue weighted by Crippen LogP contribution is 2.17. The number of aromatic nitrogens is 3. The summed E-state index contributed by atoms with van der Waals surface area (Å²) in [4.78, 5) is 20.0. The van der Waals surface area contributed by atoms with Crippen LogP contribution in [0.25, 0.3) is 11.5 Å². The summed E-state index contributed by atoms with van der Waals surface area (Å²) in [7, 11) is 0. The van der Waals surface area contributed by atoms with Crippen LogP contribution in [-0.4, -0.2) is 21.2 Å². The second-order valence-corrected chi connectivity index (χ2v) is 5.02. The van der Waals surface area contributed by atoms with Crippen molar-refractivity contribution in [3.63, 3.8) is 0 Å². The molecule has 0 saturated heterocycles. The minimum absolute atomic E-state index is 0.0781. The molecule has 0 fully saturated rings. The Hall–Kier alpha value is -3.29. The van der Waals surface area contributed by atoms with Crippen LogP contribution in [0.3, 0.4) is 0 Å². The first kappa shape index (κ1) is 15.6. The molecule has 0 atom stereocenters. The Kier molecular flexibility index (Phi) is 4.46. The largest absolute Gasteiger partial charge is 0.334 e. The van der Waals surface area contributed by atoms with Crippen molar-refractivity contribution >= 4 is 11.7 Å². The Morgan fingerprint density at radius 2 is 2.17 bits per heavy atom. The standard InChI is InChI=1S/C16H14FN5O2/c1-10-7-13(5-6-18-10)20-16(23)19-9-14-21-15(24-22-14)11-3-2-4-12(17)8-11/h2-8H,9H2,1H3,(H2,18,19,20,23). The van der Waals surface area contributed by atoms with Crippen molar-refractivity contribution in [3.05, 3.63) is 59.9 Å². The maximum Gasteiger partial charge on any atom is 0.319 e. The Labute approximate surface area is 136 Å². The fraction of sp³-hybridized carbons (Fsp3) is 0.125. The number of nitrogens with zero attached hydrogens (tertiary/aromatic N) is 3. The van der Waals surface area contributed by atoms with Crippen LogP contribution in [0.4, 0.5) is 14.9 Å². The van der Waals surface area contributed by atoms with E-state index >= 15 is 0 Å². The van der Waals surface area contributed by atoms with Crippen LogP contribution in [0.1, 0.15) is 11.5 Å². The average Bonchev–Trinajstić information content (AvgIpc) is 3.02. The van der Waals surface area contributed by atoms with Gasteiger partial charge < -0.3 is 15.2 Å². The summed E-state index contributed by atoms with van der Waals surface area (Å²) in [5.74, 6) is 0.0872. The van der Waals surface area contributed by atoms with Gasteiger partial charge in [-0.25, -0.2) is 9.18 Å². The first-order valence-corrected chi connectivity index (χ1v) is 7.16. The molecule has 0 spiro atoms. The molecule has 0 bridgehead atoms. The molecule has 24 heavy (non-hydrogen) atoms. The van der Waals surface area contributed by atoms with Gasteiger partial charge in [-0.15, -0.1) is 0 Å². The molecular formula is C16H14FN5O2. The average molecular weight is 327 g/mol. The van der Waals surface area contributed by atoms with Gasteiger partial charge in [0.25, 0.3) is 5.89 Å². The third-order valence-corrected chi connectivity index (χ3v) is 3.10. The number of carbonyl (C=O) groups is 1. The zero-order valence-corrected chi connectivity index (χ0v) is 12.8. The van der Waals surface area contributed by atoms with Crippen molar-refractivity contribution < 1.29 is 13.7 Å². The van der Waals surface area contributed by atoms with Gasteiger partial charge in [-0.3, -0.25) is 4.98 Å². The van der Waals surface area contributed by atoms with Crippen molar-refractivity contribution in [2.45, 2.75) is 13.5 Å². The number of hydrogen-bond donors (Lipinski definition) is 2. The van der Waals surface area contributed by atoms with E-state index in [0.29, 0.717) is 11.3 Å². The van der Waals surface area contributed by atoms with E-state index in [-0.39, 0.29) is 18.3 Å². The highest BCUT2D eigenvalue weighted by Gasteiger charge is 2.10. The number of urea groups is 1. The number of benzene rings is 1. The van der Waals surface area contributed by atoms with Crippen LogP contribution in [0.5, 0.6) is 0 Å². The zero-order valence-electron chi connectivity index (χ0n) is 12.8. The number of rotatable bonds is 4. The molecule has 2 N–H and O–H groups in total. The number of amides is 2. The third-order valence-electron chi connectivity index (χ3n) is 3.10. The molecule has 0 aliphatic heterocycles. The number of aryl methyl sites for hydroxylation is 1. The van der Waals surface area contributed by atoms with Gasteiger partial charge in [0.05, 0.1) is 6.54 Å². The molecule has 2 heterocycles. The summed E-state index contributed by atoms with van der Waals surface area (Å²) in [6, 6.07) is 8.86. The molecule has 7 nitrogen and oxygen atoms in total. The molecule has 2 amide bonds. The molecule has 3 aromatic rings. The van der Waals surface area contributed by atoms with Crippen LogP contribution in [0.2, 0.25) is 0 Å². The highest BCUT2D eigenvalue weighted by molar-refractivity contribution is 5.89. The SMILES string of the molecule is Cc1cc(NC(=O)NCc2noc(-c3cccc(F)c3)n2)ccn1. The summed E-state index contributed by atoms with van der Waals surface area (Å²) in [5, 5.41) is 9.04. The third kappa shape index (κ3) is 3.92. The van der Waals surface area contributed by atoms with Gasteiger partial charge >= 0.3 is 6.03 Å². The van der Waals surface area contributed by atoms with E-state index in [1.807, 2.05) is 6.92 Å². The van der Waals surface area contributed by atoms with Crippen molar-refractivity contribution in [1.29, 1.82) is 0 Å². The highest BCUT2D eigenvalue weighted by atomic mass is 19.1. The van der Waals surface area contributed by atoms with E-state index in [9.17, 15) is 9.18 Å². The Bertz CT molecular complexity index is 865. The fourth-order valence-corrected chi connectivity index (χ4v) is 2.02. The maximum absolute atomic E-state index is 13.2. The van der Waals surface area contributed by atoms with E-state index in [2.05, 4.69) is 25.8 Å². The van der Waals surface area contributed by atoms with Gasteiger partial charge in [0, 0.05) is 23.1 Å². The predicted molar refractivity (Wildman–Crippen MR) is 84.5 cm³/mol. The second-order valence-electron chi connectivity index (χ2n) is 5.02. The Morgan fingerprint density at radius 3 is 2.96 bits per heavy atom. The molecule has 0 radical (unpaired) electrons. The van der Waals surface area contributed by atoms with Gasteiger partial charge in [0.15, 0.2) is 5.82 Å². The number of hydrogen-bond acceptors (Lipinski definition) is 5. The molecule has 122 valence electrons. The topological polar surface area (TPSA) is 92.9 Å². The molecule has 0 aliphatic rings. The van der Waals surface area contributed by atoms with Crippen LogP contribution in [-0.2, 0) is 6.54 Å². The molecule has 0 saturated carbocycles. The molecule has 0 unspecified atom stereocenters. The van der Waals surface area contributed by atoms with Gasteiger partial charge in [-0.1, -0.05) is 11.2 Å².